The molecule has 0 unspecified atom stereocenters. The number of carbonyl (C=O) groups excluding carboxylic acids is 1. The molecule has 1 N–H and O–H groups in total. The Morgan fingerprint density at radius 2 is 1.87 bits per heavy atom. The molecule has 0 spiro atoms. The average molecular weight is 425 g/mol. The molecule has 1 aliphatic carbocycles. The van der Waals surface area contributed by atoms with Gasteiger partial charge in [0.1, 0.15) is 0 Å². The minimum Gasteiger partial charge on any atom is -0.295 e. The Labute approximate surface area is 176 Å². The number of rotatable bonds is 7. The Balaban J connectivity index is 1.56. The van der Waals surface area contributed by atoms with Gasteiger partial charge in [-0.3, -0.25) is 14.5 Å². The van der Waals surface area contributed by atoms with Gasteiger partial charge < -0.3 is 0 Å². The molecule has 0 bridgehead atoms. The first-order valence-corrected chi connectivity index (χ1v) is 11.5. The number of carbonyl (C=O) groups is 1. The van der Waals surface area contributed by atoms with Crippen LogP contribution < -0.4 is 4.72 Å². The lowest BCUT2D eigenvalue weighted by molar-refractivity contribution is 0.101. The van der Waals surface area contributed by atoms with Crippen molar-refractivity contribution in [1.82, 2.24) is 19.5 Å². The van der Waals surface area contributed by atoms with Crippen molar-refractivity contribution in [2.24, 2.45) is 0 Å². The maximum Gasteiger partial charge on any atom is 0.240 e. The molecule has 7 nitrogen and oxygen atoms in total. The van der Waals surface area contributed by atoms with Crippen molar-refractivity contribution in [3.63, 3.8) is 0 Å². The number of hydrogen-bond donors (Lipinski definition) is 1. The van der Waals surface area contributed by atoms with E-state index in [0.29, 0.717) is 17.3 Å². The molecule has 0 amide bonds. The predicted octanol–water partition coefficient (Wildman–Crippen LogP) is 3.74. The van der Waals surface area contributed by atoms with Crippen molar-refractivity contribution in [3.8, 4) is 11.4 Å². The largest absolute Gasteiger partial charge is 0.295 e. The summed E-state index contributed by atoms with van der Waals surface area (Å²) in [5.41, 5.74) is 2.85. The zero-order valence-electron chi connectivity index (χ0n) is 16.8. The number of nitrogens with zero attached hydrogens (tertiary/aromatic N) is 3. The van der Waals surface area contributed by atoms with Crippen molar-refractivity contribution >= 4 is 15.8 Å². The molecular formula is C22H24N4O3S. The van der Waals surface area contributed by atoms with Gasteiger partial charge in [0.05, 0.1) is 34.6 Å². The molecular weight excluding hydrogens is 400 g/mol. The predicted molar refractivity (Wildman–Crippen MR) is 113 cm³/mol. The zero-order valence-corrected chi connectivity index (χ0v) is 17.6. The lowest BCUT2D eigenvalue weighted by Crippen LogP contribution is -2.23. The van der Waals surface area contributed by atoms with E-state index < -0.39 is 10.0 Å². The van der Waals surface area contributed by atoms with E-state index in [1.54, 1.807) is 6.20 Å². The van der Waals surface area contributed by atoms with Crippen LogP contribution in [0, 0.1) is 0 Å². The summed E-state index contributed by atoms with van der Waals surface area (Å²) in [6, 6.07) is 13.9. The Hall–Kier alpha value is -2.84. The SMILES string of the molecule is CC(=O)c1ccc(S(=O)(=O)NCc2cc(-c3ccccn3)n(C3CCCC3)n2)cc1. The van der Waals surface area contributed by atoms with E-state index in [1.165, 1.54) is 44.0 Å². The van der Waals surface area contributed by atoms with Gasteiger partial charge in [0, 0.05) is 11.8 Å². The second kappa shape index (κ2) is 8.49. The fraction of sp³-hybridized carbons (Fsp3) is 0.318. The highest BCUT2D eigenvalue weighted by Crippen LogP contribution is 2.33. The molecule has 0 aliphatic heterocycles. The molecule has 156 valence electrons. The molecule has 4 rings (SSSR count). The summed E-state index contributed by atoms with van der Waals surface area (Å²) < 4.78 is 29.9. The summed E-state index contributed by atoms with van der Waals surface area (Å²) in [5.74, 6) is -0.105. The number of pyridine rings is 1. The highest BCUT2D eigenvalue weighted by Gasteiger charge is 2.23. The van der Waals surface area contributed by atoms with Crippen molar-refractivity contribution in [3.05, 3.63) is 66.0 Å². The van der Waals surface area contributed by atoms with Gasteiger partial charge in [-0.05, 0) is 50.1 Å². The first-order chi connectivity index (χ1) is 14.4. The molecule has 30 heavy (non-hydrogen) atoms. The minimum atomic E-state index is -3.71. The fourth-order valence-electron chi connectivity index (χ4n) is 3.79. The van der Waals surface area contributed by atoms with Crippen LogP contribution in [0.2, 0.25) is 0 Å². The molecule has 1 saturated carbocycles. The molecule has 2 aromatic heterocycles. The Morgan fingerprint density at radius 3 is 2.50 bits per heavy atom. The number of ketones is 1. The normalized spacial score (nSPS) is 14.8. The van der Waals surface area contributed by atoms with Crippen LogP contribution in [0.4, 0.5) is 0 Å². The minimum absolute atomic E-state index is 0.0797. The van der Waals surface area contributed by atoms with Crippen LogP contribution in [0.1, 0.15) is 54.7 Å². The lowest BCUT2D eigenvalue weighted by Gasteiger charge is -2.13. The summed E-state index contributed by atoms with van der Waals surface area (Å²) >= 11 is 0. The lowest BCUT2D eigenvalue weighted by atomic mass is 10.2. The monoisotopic (exact) mass is 424 g/mol. The topological polar surface area (TPSA) is 94.0 Å². The van der Waals surface area contributed by atoms with Gasteiger partial charge in [-0.1, -0.05) is 31.0 Å². The average Bonchev–Trinajstić information content (AvgIpc) is 3.43. The summed E-state index contributed by atoms with van der Waals surface area (Å²) in [5, 5.41) is 4.71. The molecule has 1 aromatic carbocycles. The smallest absolute Gasteiger partial charge is 0.240 e. The van der Waals surface area contributed by atoms with Gasteiger partial charge in [0.15, 0.2) is 5.78 Å². The van der Waals surface area contributed by atoms with E-state index in [-0.39, 0.29) is 17.2 Å². The van der Waals surface area contributed by atoms with E-state index >= 15 is 0 Å². The van der Waals surface area contributed by atoms with Crippen molar-refractivity contribution < 1.29 is 13.2 Å². The van der Waals surface area contributed by atoms with Crippen molar-refractivity contribution in [2.75, 3.05) is 0 Å². The van der Waals surface area contributed by atoms with Crippen LogP contribution >= 0.6 is 0 Å². The van der Waals surface area contributed by atoms with Gasteiger partial charge in [0.25, 0.3) is 0 Å². The first-order valence-electron chi connectivity index (χ1n) is 10.0. The molecule has 3 aromatic rings. The molecule has 1 aliphatic rings. The van der Waals surface area contributed by atoms with Crippen molar-refractivity contribution in [1.29, 1.82) is 0 Å². The first kappa shape index (κ1) is 20.4. The van der Waals surface area contributed by atoms with E-state index in [0.717, 1.165) is 24.2 Å². The number of benzene rings is 1. The molecule has 0 radical (unpaired) electrons. The second-order valence-corrected chi connectivity index (χ2v) is 9.29. The van der Waals surface area contributed by atoms with E-state index in [4.69, 9.17) is 5.10 Å². The van der Waals surface area contributed by atoms with E-state index in [9.17, 15) is 13.2 Å². The quantitative estimate of drug-likeness (QED) is 0.583. The number of hydrogen-bond acceptors (Lipinski definition) is 5. The third-order valence-electron chi connectivity index (χ3n) is 5.40. The van der Waals surface area contributed by atoms with Crippen LogP contribution in [0.3, 0.4) is 0 Å². The summed E-state index contributed by atoms with van der Waals surface area (Å²) in [7, 11) is -3.71. The summed E-state index contributed by atoms with van der Waals surface area (Å²) in [6.45, 7) is 1.53. The van der Waals surface area contributed by atoms with Gasteiger partial charge in [0.2, 0.25) is 10.0 Å². The maximum absolute atomic E-state index is 12.7. The Bertz CT molecular complexity index is 1130. The summed E-state index contributed by atoms with van der Waals surface area (Å²) in [6.07, 6.45) is 6.22. The van der Waals surface area contributed by atoms with Gasteiger partial charge in [-0.2, -0.15) is 5.10 Å². The van der Waals surface area contributed by atoms with Crippen LogP contribution in [0.25, 0.3) is 11.4 Å². The number of Topliss-reactive ketones (excluding diaryl/α,β-unsaturated/α-hetero) is 1. The number of aromatic nitrogens is 3. The van der Waals surface area contributed by atoms with Crippen molar-refractivity contribution in [2.45, 2.75) is 50.1 Å². The van der Waals surface area contributed by atoms with Gasteiger partial charge in [-0.25, -0.2) is 13.1 Å². The van der Waals surface area contributed by atoms with Crippen LogP contribution in [-0.4, -0.2) is 29.0 Å². The molecule has 8 heteroatoms. The highest BCUT2D eigenvalue weighted by molar-refractivity contribution is 7.89. The van der Waals surface area contributed by atoms with Gasteiger partial charge in [-0.15, -0.1) is 0 Å². The number of nitrogens with one attached hydrogen (secondary N) is 1. The molecule has 1 fully saturated rings. The van der Waals surface area contributed by atoms with Crippen LogP contribution in [0.15, 0.2) is 59.6 Å². The second-order valence-electron chi connectivity index (χ2n) is 7.52. The zero-order chi connectivity index (χ0) is 21.1. The van der Waals surface area contributed by atoms with Crippen LogP contribution in [-0.2, 0) is 16.6 Å². The highest BCUT2D eigenvalue weighted by atomic mass is 32.2. The van der Waals surface area contributed by atoms with E-state index in [1.807, 2.05) is 28.9 Å². The molecule has 0 saturated heterocycles. The van der Waals surface area contributed by atoms with Crippen LogP contribution in [0.5, 0.6) is 0 Å². The summed E-state index contributed by atoms with van der Waals surface area (Å²) in [4.78, 5) is 16.0. The van der Waals surface area contributed by atoms with Gasteiger partial charge >= 0.3 is 0 Å². The molecule has 0 atom stereocenters. The van der Waals surface area contributed by atoms with E-state index in [2.05, 4.69) is 9.71 Å². The fourth-order valence-corrected chi connectivity index (χ4v) is 4.78. The standard InChI is InChI=1S/C22H24N4O3S/c1-16(27)17-9-11-20(12-10-17)30(28,29)24-15-18-14-22(21-8-4-5-13-23-21)26(25-18)19-6-2-3-7-19/h4-5,8-14,19,24H,2-3,6-7,15H2,1H3. The number of sulfonamides is 1. The Kier molecular flexibility index (Phi) is 5.78. The Morgan fingerprint density at radius 1 is 1.13 bits per heavy atom. The molecule has 2 heterocycles. The third-order valence-corrected chi connectivity index (χ3v) is 6.82. The third kappa shape index (κ3) is 4.34. The maximum atomic E-state index is 12.7.